The van der Waals surface area contributed by atoms with Crippen LogP contribution in [0.1, 0.15) is 34.8 Å². The van der Waals surface area contributed by atoms with Crippen molar-refractivity contribution in [2.45, 2.75) is 26.7 Å². The SMILES string of the molecule is CCOC(=O)c1c(C)cccc1CCC(=O)OC. The molecule has 0 spiro atoms. The molecule has 0 aliphatic heterocycles. The monoisotopic (exact) mass is 250 g/mol. The summed E-state index contributed by atoms with van der Waals surface area (Å²) in [6.45, 7) is 3.96. The molecule has 0 unspecified atom stereocenters. The maximum atomic E-state index is 11.9. The minimum absolute atomic E-state index is 0.256. The van der Waals surface area contributed by atoms with Gasteiger partial charge in [-0.25, -0.2) is 4.79 Å². The van der Waals surface area contributed by atoms with Crippen molar-refractivity contribution < 1.29 is 19.1 Å². The van der Waals surface area contributed by atoms with Gasteiger partial charge in [0.25, 0.3) is 0 Å². The lowest BCUT2D eigenvalue weighted by molar-refractivity contribution is -0.140. The van der Waals surface area contributed by atoms with Gasteiger partial charge in [0.2, 0.25) is 0 Å². The highest BCUT2D eigenvalue weighted by molar-refractivity contribution is 5.92. The molecule has 0 aliphatic carbocycles. The van der Waals surface area contributed by atoms with Gasteiger partial charge >= 0.3 is 11.9 Å². The van der Waals surface area contributed by atoms with Crippen molar-refractivity contribution in [3.63, 3.8) is 0 Å². The Kier molecular flexibility index (Phi) is 5.36. The van der Waals surface area contributed by atoms with Crippen molar-refractivity contribution in [3.8, 4) is 0 Å². The average Bonchev–Trinajstić information content (AvgIpc) is 2.36. The Bertz CT molecular complexity index is 437. The summed E-state index contributed by atoms with van der Waals surface area (Å²) < 4.78 is 9.62. The van der Waals surface area contributed by atoms with Crippen LogP contribution in [-0.4, -0.2) is 25.7 Å². The fourth-order valence-electron chi connectivity index (χ4n) is 1.77. The third-order valence-corrected chi connectivity index (χ3v) is 2.66. The van der Waals surface area contributed by atoms with Crippen LogP contribution in [0.3, 0.4) is 0 Å². The molecule has 0 heterocycles. The first-order chi connectivity index (χ1) is 8.60. The summed E-state index contributed by atoms with van der Waals surface area (Å²) in [6.07, 6.45) is 0.731. The lowest BCUT2D eigenvalue weighted by Crippen LogP contribution is -2.11. The molecule has 4 heteroatoms. The number of carbonyl (C=O) groups is 2. The van der Waals surface area contributed by atoms with Crippen molar-refractivity contribution in [3.05, 3.63) is 34.9 Å². The fourth-order valence-corrected chi connectivity index (χ4v) is 1.77. The van der Waals surface area contributed by atoms with Crippen LogP contribution in [-0.2, 0) is 20.7 Å². The molecule has 1 aromatic rings. The first kappa shape index (κ1) is 14.2. The number of hydrogen-bond donors (Lipinski definition) is 0. The summed E-state index contributed by atoms with van der Waals surface area (Å²) in [7, 11) is 1.35. The number of aryl methyl sites for hydroxylation is 2. The fraction of sp³-hybridized carbons (Fsp3) is 0.429. The van der Waals surface area contributed by atoms with Gasteiger partial charge in [-0.1, -0.05) is 18.2 Å². The van der Waals surface area contributed by atoms with Crippen LogP contribution in [0.5, 0.6) is 0 Å². The van der Waals surface area contributed by atoms with E-state index in [9.17, 15) is 9.59 Å². The zero-order chi connectivity index (χ0) is 13.5. The molecule has 0 amide bonds. The zero-order valence-electron chi connectivity index (χ0n) is 11.0. The largest absolute Gasteiger partial charge is 0.469 e. The van der Waals surface area contributed by atoms with E-state index >= 15 is 0 Å². The molecule has 18 heavy (non-hydrogen) atoms. The van der Waals surface area contributed by atoms with E-state index in [-0.39, 0.29) is 18.4 Å². The minimum Gasteiger partial charge on any atom is -0.469 e. The predicted molar refractivity (Wildman–Crippen MR) is 67.5 cm³/mol. The van der Waals surface area contributed by atoms with Crippen LogP contribution >= 0.6 is 0 Å². The number of ether oxygens (including phenoxy) is 2. The lowest BCUT2D eigenvalue weighted by Gasteiger charge is -2.11. The van der Waals surface area contributed by atoms with Gasteiger partial charge in [-0.2, -0.15) is 0 Å². The van der Waals surface area contributed by atoms with Gasteiger partial charge in [0.1, 0.15) is 0 Å². The molecule has 0 atom stereocenters. The first-order valence-corrected chi connectivity index (χ1v) is 5.92. The summed E-state index contributed by atoms with van der Waals surface area (Å²) in [5, 5.41) is 0. The molecule has 0 aliphatic rings. The van der Waals surface area contributed by atoms with E-state index in [1.807, 2.05) is 25.1 Å². The highest BCUT2D eigenvalue weighted by Gasteiger charge is 2.15. The Balaban J connectivity index is 2.93. The molecular formula is C14H18O4. The van der Waals surface area contributed by atoms with Gasteiger partial charge in [-0.15, -0.1) is 0 Å². The second kappa shape index (κ2) is 6.79. The molecule has 0 bridgehead atoms. The lowest BCUT2D eigenvalue weighted by atomic mass is 9.98. The Labute approximate surface area is 107 Å². The smallest absolute Gasteiger partial charge is 0.338 e. The van der Waals surface area contributed by atoms with Crippen LogP contribution in [0.4, 0.5) is 0 Å². The van der Waals surface area contributed by atoms with Crippen LogP contribution in [0.2, 0.25) is 0 Å². The molecule has 0 saturated carbocycles. The van der Waals surface area contributed by atoms with Gasteiger partial charge in [-0.3, -0.25) is 4.79 Å². The Morgan fingerprint density at radius 2 is 2.00 bits per heavy atom. The van der Waals surface area contributed by atoms with Gasteiger partial charge in [0, 0.05) is 6.42 Å². The second-order valence-corrected chi connectivity index (χ2v) is 3.91. The highest BCUT2D eigenvalue weighted by Crippen LogP contribution is 2.17. The summed E-state index contributed by atoms with van der Waals surface area (Å²) in [5.74, 6) is -0.623. The molecule has 0 saturated heterocycles. The molecule has 0 N–H and O–H groups in total. The normalized spacial score (nSPS) is 9.94. The number of rotatable bonds is 5. The van der Waals surface area contributed by atoms with Crippen molar-refractivity contribution in [2.24, 2.45) is 0 Å². The second-order valence-electron chi connectivity index (χ2n) is 3.91. The predicted octanol–water partition coefficient (Wildman–Crippen LogP) is 2.28. The minimum atomic E-state index is -0.338. The molecule has 0 radical (unpaired) electrons. The Morgan fingerprint density at radius 3 is 2.61 bits per heavy atom. The number of esters is 2. The van der Waals surface area contributed by atoms with Crippen molar-refractivity contribution in [2.75, 3.05) is 13.7 Å². The van der Waals surface area contributed by atoms with Gasteiger partial charge < -0.3 is 9.47 Å². The van der Waals surface area contributed by atoms with Crippen LogP contribution in [0.15, 0.2) is 18.2 Å². The summed E-state index contributed by atoms with van der Waals surface area (Å²) in [4.78, 5) is 23.0. The third-order valence-electron chi connectivity index (χ3n) is 2.66. The topological polar surface area (TPSA) is 52.6 Å². The molecular weight excluding hydrogens is 232 g/mol. The standard InChI is InChI=1S/C14H18O4/c1-4-18-14(16)13-10(2)6-5-7-11(13)8-9-12(15)17-3/h5-7H,4,8-9H2,1-3H3. The van der Waals surface area contributed by atoms with Crippen molar-refractivity contribution >= 4 is 11.9 Å². The molecule has 4 nitrogen and oxygen atoms in total. The molecule has 1 rings (SSSR count). The van der Waals surface area contributed by atoms with E-state index in [0.717, 1.165) is 11.1 Å². The number of carbonyl (C=O) groups excluding carboxylic acids is 2. The summed E-state index contributed by atoms with van der Waals surface area (Å²) >= 11 is 0. The zero-order valence-corrected chi connectivity index (χ0v) is 11.0. The molecule has 98 valence electrons. The maximum absolute atomic E-state index is 11.9. The highest BCUT2D eigenvalue weighted by atomic mass is 16.5. The maximum Gasteiger partial charge on any atom is 0.338 e. The molecule has 0 fully saturated rings. The van der Waals surface area contributed by atoms with Crippen molar-refractivity contribution in [1.82, 2.24) is 0 Å². The van der Waals surface area contributed by atoms with Gasteiger partial charge in [-0.05, 0) is 31.4 Å². The van der Waals surface area contributed by atoms with Gasteiger partial charge in [0.15, 0.2) is 0 Å². The number of benzene rings is 1. The first-order valence-electron chi connectivity index (χ1n) is 5.92. The third kappa shape index (κ3) is 3.58. The Morgan fingerprint density at radius 1 is 1.28 bits per heavy atom. The van der Waals surface area contributed by atoms with E-state index in [0.29, 0.717) is 18.6 Å². The van der Waals surface area contributed by atoms with E-state index in [1.54, 1.807) is 6.92 Å². The van der Waals surface area contributed by atoms with Crippen molar-refractivity contribution in [1.29, 1.82) is 0 Å². The van der Waals surface area contributed by atoms with Crippen LogP contribution in [0.25, 0.3) is 0 Å². The van der Waals surface area contributed by atoms with E-state index in [2.05, 4.69) is 4.74 Å². The average molecular weight is 250 g/mol. The summed E-state index contributed by atoms with van der Waals surface area (Å²) in [5.41, 5.74) is 2.23. The Hall–Kier alpha value is -1.84. The quantitative estimate of drug-likeness (QED) is 0.752. The van der Waals surface area contributed by atoms with E-state index in [1.165, 1.54) is 7.11 Å². The van der Waals surface area contributed by atoms with E-state index in [4.69, 9.17) is 4.74 Å². The number of hydrogen-bond acceptors (Lipinski definition) is 4. The number of methoxy groups -OCH3 is 1. The van der Waals surface area contributed by atoms with Gasteiger partial charge in [0.05, 0.1) is 19.3 Å². The molecule has 0 aromatic heterocycles. The van der Waals surface area contributed by atoms with Crippen LogP contribution < -0.4 is 0 Å². The van der Waals surface area contributed by atoms with E-state index < -0.39 is 0 Å². The summed E-state index contributed by atoms with van der Waals surface area (Å²) in [6, 6.07) is 5.56. The van der Waals surface area contributed by atoms with Crippen LogP contribution in [0, 0.1) is 6.92 Å². The molecule has 1 aromatic carbocycles.